The zero-order valence-electron chi connectivity index (χ0n) is 9.79. The van der Waals surface area contributed by atoms with E-state index in [2.05, 4.69) is 36.5 Å². The smallest absolute Gasteiger partial charge is 0.0746 e. The van der Waals surface area contributed by atoms with Crippen LogP contribution >= 0.6 is 0 Å². The zero-order chi connectivity index (χ0) is 11.4. The Morgan fingerprint density at radius 2 is 2.12 bits per heavy atom. The lowest BCUT2D eigenvalue weighted by atomic mass is 9.70. The summed E-state index contributed by atoms with van der Waals surface area (Å²) in [5.41, 5.74) is 2.42. The summed E-state index contributed by atoms with van der Waals surface area (Å²) in [4.78, 5) is 0. The van der Waals surface area contributed by atoms with Gasteiger partial charge in [0.2, 0.25) is 0 Å². The van der Waals surface area contributed by atoms with Crippen LogP contribution in [0.3, 0.4) is 0 Å². The van der Waals surface area contributed by atoms with Crippen LogP contribution in [-0.2, 0) is 6.42 Å². The van der Waals surface area contributed by atoms with Crippen LogP contribution in [0, 0.1) is 16.7 Å². The van der Waals surface area contributed by atoms with E-state index < -0.39 is 0 Å². The third-order valence-corrected chi connectivity index (χ3v) is 3.56. The van der Waals surface area contributed by atoms with Gasteiger partial charge in [0.15, 0.2) is 0 Å². The van der Waals surface area contributed by atoms with Gasteiger partial charge >= 0.3 is 0 Å². The largest absolute Gasteiger partial charge is 0.383 e. The molecule has 0 spiro atoms. The summed E-state index contributed by atoms with van der Waals surface area (Å²) >= 11 is 0. The van der Waals surface area contributed by atoms with Gasteiger partial charge in [-0.15, -0.1) is 0 Å². The summed E-state index contributed by atoms with van der Waals surface area (Å²) < 4.78 is 0. The first kappa shape index (κ1) is 11.0. The molecule has 0 aliphatic heterocycles. The molecule has 1 fully saturated rings. The molecule has 0 aromatic heterocycles. The topological polar surface area (TPSA) is 35.8 Å². The van der Waals surface area contributed by atoms with Crippen LogP contribution in [0.2, 0.25) is 0 Å². The van der Waals surface area contributed by atoms with Gasteiger partial charge in [0.1, 0.15) is 0 Å². The second kappa shape index (κ2) is 4.57. The number of nitriles is 1. The first-order valence-corrected chi connectivity index (χ1v) is 6.03. The molecule has 0 atom stereocenters. The van der Waals surface area contributed by atoms with Gasteiger partial charge in [-0.1, -0.05) is 31.5 Å². The van der Waals surface area contributed by atoms with Crippen molar-refractivity contribution >= 4 is 5.69 Å². The maximum atomic E-state index is 9.15. The number of hydrogen-bond donors (Lipinski definition) is 1. The molecular weight excluding hydrogens is 196 g/mol. The molecule has 2 nitrogen and oxygen atoms in total. The number of para-hydroxylation sites is 1. The van der Waals surface area contributed by atoms with Crippen molar-refractivity contribution in [2.45, 2.75) is 32.6 Å². The highest BCUT2D eigenvalue weighted by atomic mass is 14.9. The minimum atomic E-state index is -0.0964. The third kappa shape index (κ3) is 2.04. The maximum absolute atomic E-state index is 9.15. The SMILES string of the molecule is CCc1ccccc1NCC1(C#N)CCC1. The molecule has 0 bridgehead atoms. The summed E-state index contributed by atoms with van der Waals surface area (Å²) in [5, 5.41) is 12.6. The fourth-order valence-electron chi connectivity index (χ4n) is 2.20. The summed E-state index contributed by atoms with van der Waals surface area (Å²) in [7, 11) is 0. The normalized spacial score (nSPS) is 17.2. The molecular formula is C14H18N2. The Morgan fingerprint density at radius 1 is 1.38 bits per heavy atom. The van der Waals surface area contributed by atoms with Crippen LogP contribution in [-0.4, -0.2) is 6.54 Å². The van der Waals surface area contributed by atoms with Crippen LogP contribution in [0.5, 0.6) is 0 Å². The second-order valence-corrected chi connectivity index (χ2v) is 4.61. The molecule has 84 valence electrons. The zero-order valence-corrected chi connectivity index (χ0v) is 9.79. The molecule has 1 saturated carbocycles. The molecule has 1 N–H and O–H groups in total. The van der Waals surface area contributed by atoms with Gasteiger partial charge < -0.3 is 5.32 Å². The molecule has 1 aliphatic carbocycles. The molecule has 1 aliphatic rings. The molecule has 0 unspecified atom stereocenters. The maximum Gasteiger partial charge on any atom is 0.0746 e. The van der Waals surface area contributed by atoms with E-state index in [1.54, 1.807) is 0 Å². The Bertz CT molecular complexity index is 399. The molecule has 0 heterocycles. The average Bonchev–Trinajstić information content (AvgIpc) is 2.29. The van der Waals surface area contributed by atoms with Crippen molar-refractivity contribution in [3.8, 4) is 6.07 Å². The van der Waals surface area contributed by atoms with Gasteiger partial charge in [-0.05, 0) is 30.9 Å². The van der Waals surface area contributed by atoms with Gasteiger partial charge in [-0.25, -0.2) is 0 Å². The summed E-state index contributed by atoms with van der Waals surface area (Å²) in [6.07, 6.45) is 4.32. The molecule has 0 radical (unpaired) electrons. The third-order valence-electron chi connectivity index (χ3n) is 3.56. The highest BCUT2D eigenvalue weighted by Crippen LogP contribution is 2.40. The van der Waals surface area contributed by atoms with Gasteiger partial charge in [-0.2, -0.15) is 5.26 Å². The quantitative estimate of drug-likeness (QED) is 0.834. The Labute approximate surface area is 97.3 Å². The lowest BCUT2D eigenvalue weighted by Gasteiger charge is -2.35. The molecule has 16 heavy (non-hydrogen) atoms. The van der Waals surface area contributed by atoms with Gasteiger partial charge in [0.25, 0.3) is 0 Å². The van der Waals surface area contributed by atoms with Gasteiger partial charge in [0.05, 0.1) is 11.5 Å². The highest BCUT2D eigenvalue weighted by Gasteiger charge is 2.36. The van der Waals surface area contributed by atoms with E-state index in [1.165, 1.54) is 17.7 Å². The molecule has 0 saturated heterocycles. The lowest BCUT2D eigenvalue weighted by molar-refractivity contribution is 0.233. The van der Waals surface area contributed by atoms with Crippen LogP contribution in [0.15, 0.2) is 24.3 Å². The standard InChI is InChI=1S/C14H18N2/c1-2-12-6-3-4-7-13(12)16-11-14(10-15)8-5-9-14/h3-4,6-7,16H,2,5,8-9,11H2,1H3. The fraction of sp³-hybridized carbons (Fsp3) is 0.500. The Morgan fingerprint density at radius 3 is 2.69 bits per heavy atom. The van der Waals surface area contributed by atoms with E-state index in [9.17, 15) is 0 Å². The minimum absolute atomic E-state index is 0.0964. The fourth-order valence-corrected chi connectivity index (χ4v) is 2.20. The van der Waals surface area contributed by atoms with Crippen molar-refractivity contribution < 1.29 is 0 Å². The van der Waals surface area contributed by atoms with Crippen molar-refractivity contribution in [3.05, 3.63) is 29.8 Å². The first-order chi connectivity index (χ1) is 7.79. The van der Waals surface area contributed by atoms with Gasteiger partial charge in [0, 0.05) is 12.2 Å². The van der Waals surface area contributed by atoms with Crippen molar-refractivity contribution in [3.63, 3.8) is 0 Å². The lowest BCUT2D eigenvalue weighted by Crippen LogP contribution is -2.35. The Balaban J connectivity index is 2.02. The molecule has 1 aromatic rings. The number of aryl methyl sites for hydroxylation is 1. The Hall–Kier alpha value is -1.49. The minimum Gasteiger partial charge on any atom is -0.383 e. The second-order valence-electron chi connectivity index (χ2n) is 4.61. The van der Waals surface area contributed by atoms with E-state index in [-0.39, 0.29) is 5.41 Å². The van der Waals surface area contributed by atoms with Crippen molar-refractivity contribution in [1.29, 1.82) is 5.26 Å². The Kier molecular flexibility index (Phi) is 3.14. The van der Waals surface area contributed by atoms with Crippen molar-refractivity contribution in [1.82, 2.24) is 0 Å². The van der Waals surface area contributed by atoms with Crippen LogP contribution < -0.4 is 5.32 Å². The predicted octanol–water partition coefficient (Wildman–Crippen LogP) is 3.35. The monoisotopic (exact) mass is 214 g/mol. The van der Waals surface area contributed by atoms with E-state index in [0.29, 0.717) is 0 Å². The summed E-state index contributed by atoms with van der Waals surface area (Å²) in [5.74, 6) is 0. The van der Waals surface area contributed by atoms with E-state index in [0.717, 1.165) is 25.8 Å². The first-order valence-electron chi connectivity index (χ1n) is 6.03. The average molecular weight is 214 g/mol. The van der Waals surface area contributed by atoms with E-state index in [1.807, 2.05) is 6.07 Å². The van der Waals surface area contributed by atoms with Crippen LogP contribution in [0.4, 0.5) is 5.69 Å². The number of benzene rings is 1. The highest BCUT2D eigenvalue weighted by molar-refractivity contribution is 5.51. The van der Waals surface area contributed by atoms with E-state index in [4.69, 9.17) is 5.26 Å². The molecule has 1 aromatic carbocycles. The van der Waals surface area contributed by atoms with Crippen LogP contribution in [0.1, 0.15) is 31.7 Å². The molecule has 0 amide bonds. The number of nitrogens with zero attached hydrogens (tertiary/aromatic N) is 1. The van der Waals surface area contributed by atoms with Crippen LogP contribution in [0.25, 0.3) is 0 Å². The van der Waals surface area contributed by atoms with E-state index >= 15 is 0 Å². The van der Waals surface area contributed by atoms with Gasteiger partial charge in [-0.3, -0.25) is 0 Å². The molecule has 2 rings (SSSR count). The predicted molar refractivity (Wildman–Crippen MR) is 66.2 cm³/mol. The summed E-state index contributed by atoms with van der Waals surface area (Å²) in [6, 6.07) is 10.8. The number of rotatable bonds is 4. The number of anilines is 1. The van der Waals surface area contributed by atoms with Crippen molar-refractivity contribution in [2.24, 2.45) is 5.41 Å². The summed E-state index contributed by atoms with van der Waals surface area (Å²) in [6.45, 7) is 2.95. The number of nitrogens with one attached hydrogen (secondary N) is 1. The van der Waals surface area contributed by atoms with Crippen molar-refractivity contribution in [2.75, 3.05) is 11.9 Å². The number of hydrogen-bond acceptors (Lipinski definition) is 2. The molecule has 2 heteroatoms.